The lowest BCUT2D eigenvalue weighted by atomic mass is 9.79. The van der Waals surface area contributed by atoms with Crippen LogP contribution >= 0.6 is 0 Å². The summed E-state index contributed by atoms with van der Waals surface area (Å²) in [4.78, 5) is 29.7. The molecule has 8 heteroatoms. The monoisotopic (exact) mass is 524 g/mol. The van der Waals surface area contributed by atoms with Crippen LogP contribution in [0.4, 0.5) is 10.1 Å². The highest BCUT2D eigenvalue weighted by atomic mass is 19.1. The first-order valence-corrected chi connectivity index (χ1v) is 12.5. The van der Waals surface area contributed by atoms with Crippen molar-refractivity contribution in [2.75, 3.05) is 19.2 Å². The van der Waals surface area contributed by atoms with Gasteiger partial charge in [0.15, 0.2) is 11.5 Å². The molecule has 4 aromatic rings. The van der Waals surface area contributed by atoms with Crippen molar-refractivity contribution < 1.29 is 28.2 Å². The molecule has 6 rings (SSSR count). The van der Waals surface area contributed by atoms with Gasteiger partial charge >= 0.3 is 0 Å². The fourth-order valence-electron chi connectivity index (χ4n) is 5.20. The van der Waals surface area contributed by atoms with Gasteiger partial charge in [-0.1, -0.05) is 42.5 Å². The molecule has 7 nitrogen and oxygen atoms in total. The van der Waals surface area contributed by atoms with Crippen LogP contribution in [0.15, 0.2) is 91.0 Å². The highest BCUT2D eigenvalue weighted by molar-refractivity contribution is 6.04. The number of hydrogen-bond donors (Lipinski definition) is 1. The standard InChI is InChI=1S/C31H25FN2O5/c1-37-23-13-8-20(9-14-23)29-28(30(35)33-22-12-15-26-27(16-22)39-18-38-26)24-4-2-3-5-25(24)31(36)34(29)17-19-6-10-21(32)11-7-19/h2-16,28-29H,17-18H2,1H3,(H,33,35)/t28-,29-/m0/s1. The molecule has 0 radical (unpaired) electrons. The first-order valence-electron chi connectivity index (χ1n) is 12.5. The van der Waals surface area contributed by atoms with E-state index >= 15 is 0 Å². The summed E-state index contributed by atoms with van der Waals surface area (Å²) in [5.74, 6) is 0.245. The zero-order valence-electron chi connectivity index (χ0n) is 21.1. The van der Waals surface area contributed by atoms with Crippen LogP contribution in [0.5, 0.6) is 17.2 Å². The molecule has 0 aromatic heterocycles. The summed E-state index contributed by atoms with van der Waals surface area (Å²) >= 11 is 0. The van der Waals surface area contributed by atoms with Crippen LogP contribution in [0, 0.1) is 5.82 Å². The largest absolute Gasteiger partial charge is 0.497 e. The van der Waals surface area contributed by atoms with Crippen LogP contribution in [-0.4, -0.2) is 30.6 Å². The molecule has 196 valence electrons. The van der Waals surface area contributed by atoms with Gasteiger partial charge in [0.25, 0.3) is 5.91 Å². The molecule has 0 fully saturated rings. The average Bonchev–Trinajstić information content (AvgIpc) is 3.43. The Morgan fingerprint density at radius 2 is 1.72 bits per heavy atom. The maximum atomic E-state index is 14.1. The maximum Gasteiger partial charge on any atom is 0.255 e. The van der Waals surface area contributed by atoms with Gasteiger partial charge in [0.2, 0.25) is 12.7 Å². The van der Waals surface area contributed by atoms with Crippen molar-refractivity contribution in [1.29, 1.82) is 0 Å². The summed E-state index contributed by atoms with van der Waals surface area (Å²) in [6.45, 7) is 0.320. The third-order valence-corrected chi connectivity index (χ3v) is 7.08. The van der Waals surface area contributed by atoms with Crippen LogP contribution in [0.2, 0.25) is 0 Å². The van der Waals surface area contributed by atoms with Crippen LogP contribution < -0.4 is 19.5 Å². The number of nitrogens with zero attached hydrogens (tertiary/aromatic N) is 1. The number of benzene rings is 4. The number of hydrogen-bond acceptors (Lipinski definition) is 5. The number of rotatable bonds is 6. The Hall–Kier alpha value is -4.85. The molecule has 4 aromatic carbocycles. The number of carbonyl (C=O) groups excluding carboxylic acids is 2. The molecule has 2 atom stereocenters. The Labute approximate surface area is 224 Å². The van der Waals surface area contributed by atoms with Gasteiger partial charge in [-0.25, -0.2) is 4.39 Å². The molecule has 39 heavy (non-hydrogen) atoms. The summed E-state index contributed by atoms with van der Waals surface area (Å²) in [7, 11) is 1.58. The minimum atomic E-state index is -0.738. The van der Waals surface area contributed by atoms with Crippen molar-refractivity contribution in [3.8, 4) is 17.2 Å². The van der Waals surface area contributed by atoms with Gasteiger partial charge in [-0.15, -0.1) is 0 Å². The fraction of sp³-hybridized carbons (Fsp3) is 0.161. The molecule has 2 heterocycles. The molecule has 2 amide bonds. The zero-order valence-corrected chi connectivity index (χ0v) is 21.1. The Morgan fingerprint density at radius 3 is 2.49 bits per heavy atom. The van der Waals surface area contributed by atoms with Crippen LogP contribution in [0.1, 0.15) is 39.0 Å². The summed E-state index contributed by atoms with van der Waals surface area (Å²) < 4.78 is 29.9. The normalized spacial score (nSPS) is 17.5. The molecule has 0 bridgehead atoms. The highest BCUT2D eigenvalue weighted by Crippen LogP contribution is 2.45. The van der Waals surface area contributed by atoms with Gasteiger partial charge < -0.3 is 24.4 Å². The van der Waals surface area contributed by atoms with Gasteiger partial charge in [0.1, 0.15) is 11.6 Å². The van der Waals surface area contributed by atoms with E-state index in [-0.39, 0.29) is 31.0 Å². The minimum Gasteiger partial charge on any atom is -0.497 e. The molecular weight excluding hydrogens is 499 g/mol. The Balaban J connectivity index is 1.44. The third kappa shape index (κ3) is 4.65. The van der Waals surface area contributed by atoms with E-state index in [0.29, 0.717) is 34.1 Å². The number of amides is 2. The molecule has 0 aliphatic carbocycles. The summed E-state index contributed by atoms with van der Waals surface area (Å²) in [5.41, 5.74) is 3.16. The quantitative estimate of drug-likeness (QED) is 0.351. The average molecular weight is 525 g/mol. The van der Waals surface area contributed by atoms with Crippen LogP contribution in [0.25, 0.3) is 0 Å². The third-order valence-electron chi connectivity index (χ3n) is 7.08. The van der Waals surface area contributed by atoms with Crippen molar-refractivity contribution in [3.63, 3.8) is 0 Å². The predicted molar refractivity (Wildman–Crippen MR) is 142 cm³/mol. The first kappa shape index (κ1) is 24.5. The highest BCUT2D eigenvalue weighted by Gasteiger charge is 2.44. The molecule has 0 unspecified atom stereocenters. The Kier molecular flexibility index (Phi) is 6.36. The van der Waals surface area contributed by atoms with E-state index in [1.54, 1.807) is 54.5 Å². The van der Waals surface area contributed by atoms with E-state index in [4.69, 9.17) is 14.2 Å². The fourth-order valence-corrected chi connectivity index (χ4v) is 5.20. The smallest absolute Gasteiger partial charge is 0.255 e. The van der Waals surface area contributed by atoms with E-state index in [1.165, 1.54) is 12.1 Å². The van der Waals surface area contributed by atoms with Crippen LogP contribution in [0.3, 0.4) is 0 Å². The number of ether oxygens (including phenoxy) is 3. The predicted octanol–water partition coefficient (Wildman–Crippen LogP) is 5.68. The van der Waals surface area contributed by atoms with E-state index in [2.05, 4.69) is 5.32 Å². The molecular formula is C31H25FN2O5. The van der Waals surface area contributed by atoms with Crippen molar-refractivity contribution >= 4 is 17.5 Å². The molecule has 0 spiro atoms. The van der Waals surface area contributed by atoms with Gasteiger partial charge in [0.05, 0.1) is 19.1 Å². The summed E-state index contributed by atoms with van der Waals surface area (Å²) in [6.07, 6.45) is 0. The zero-order chi connectivity index (χ0) is 26.9. The SMILES string of the molecule is COc1ccc([C@H]2[C@@H](C(=O)Nc3ccc4c(c3)OCO4)c3ccccc3C(=O)N2Cc2ccc(F)cc2)cc1. The van der Waals surface area contributed by atoms with Crippen molar-refractivity contribution in [2.45, 2.75) is 18.5 Å². The second-order valence-electron chi connectivity index (χ2n) is 9.40. The Bertz CT molecular complexity index is 1540. The number of methoxy groups -OCH3 is 1. The lowest BCUT2D eigenvalue weighted by Gasteiger charge is -2.42. The number of halogens is 1. The number of anilines is 1. The van der Waals surface area contributed by atoms with Crippen molar-refractivity contribution in [1.82, 2.24) is 4.90 Å². The minimum absolute atomic E-state index is 0.128. The molecule has 1 N–H and O–H groups in total. The van der Waals surface area contributed by atoms with Gasteiger partial charge in [-0.2, -0.15) is 0 Å². The lowest BCUT2D eigenvalue weighted by Crippen LogP contribution is -2.45. The van der Waals surface area contributed by atoms with E-state index in [0.717, 1.165) is 11.1 Å². The maximum absolute atomic E-state index is 14.1. The first-order chi connectivity index (χ1) is 19.0. The van der Waals surface area contributed by atoms with Gasteiger partial charge in [-0.3, -0.25) is 9.59 Å². The lowest BCUT2D eigenvalue weighted by molar-refractivity contribution is -0.119. The summed E-state index contributed by atoms with van der Waals surface area (Å²) in [6, 6.07) is 25.1. The van der Waals surface area contributed by atoms with Crippen LogP contribution in [-0.2, 0) is 11.3 Å². The number of nitrogens with one attached hydrogen (secondary N) is 1. The van der Waals surface area contributed by atoms with E-state index < -0.39 is 12.0 Å². The molecule has 2 aliphatic heterocycles. The van der Waals surface area contributed by atoms with E-state index in [9.17, 15) is 14.0 Å². The molecule has 0 saturated heterocycles. The number of carbonyl (C=O) groups is 2. The van der Waals surface area contributed by atoms with E-state index in [1.807, 2.05) is 36.4 Å². The summed E-state index contributed by atoms with van der Waals surface area (Å²) in [5, 5.41) is 3.02. The number of fused-ring (bicyclic) bond motifs is 2. The second-order valence-corrected chi connectivity index (χ2v) is 9.40. The van der Waals surface area contributed by atoms with Crippen molar-refractivity contribution in [3.05, 3.63) is 119 Å². The second kappa shape index (κ2) is 10.1. The topological polar surface area (TPSA) is 77.1 Å². The Morgan fingerprint density at radius 1 is 0.974 bits per heavy atom. The van der Waals surface area contributed by atoms with Gasteiger partial charge in [0, 0.05) is 23.9 Å². The van der Waals surface area contributed by atoms with Crippen molar-refractivity contribution in [2.24, 2.45) is 0 Å². The molecule has 0 saturated carbocycles. The molecule has 2 aliphatic rings. The van der Waals surface area contributed by atoms with Gasteiger partial charge in [-0.05, 0) is 59.2 Å².